The van der Waals surface area contributed by atoms with E-state index in [2.05, 4.69) is 22.5 Å². The molecule has 5 N–H and O–H groups in total. The maximum Gasteiger partial charge on any atom is 0.416 e. The van der Waals surface area contributed by atoms with Crippen LogP contribution < -0.4 is 21.7 Å². The second-order valence-corrected chi connectivity index (χ2v) is 6.18. The zero-order chi connectivity index (χ0) is 19.1. The number of hydrogen-bond donors (Lipinski definition) is 4. The van der Waals surface area contributed by atoms with E-state index >= 15 is 0 Å². The first-order valence-corrected chi connectivity index (χ1v) is 7.94. The third kappa shape index (κ3) is 3.37. The van der Waals surface area contributed by atoms with Crippen molar-refractivity contribution in [3.63, 3.8) is 0 Å². The summed E-state index contributed by atoms with van der Waals surface area (Å²) in [6.45, 7) is 3.54. The van der Waals surface area contributed by atoms with Gasteiger partial charge in [0.15, 0.2) is 0 Å². The molecule has 26 heavy (non-hydrogen) atoms. The highest BCUT2D eigenvalue weighted by atomic mass is 19.4. The molecule has 2 aliphatic rings. The molecule has 0 saturated carbocycles. The molecule has 1 aromatic carbocycles. The number of alkyl halides is 3. The number of benzene rings is 1. The molecule has 6 nitrogen and oxygen atoms in total. The highest BCUT2D eigenvalue weighted by Crippen LogP contribution is 2.36. The van der Waals surface area contributed by atoms with Gasteiger partial charge in [0.2, 0.25) is 0 Å². The van der Waals surface area contributed by atoms with Gasteiger partial charge in [-0.1, -0.05) is 12.6 Å². The molecule has 138 valence electrons. The number of aryl methyl sites for hydroxylation is 1. The Morgan fingerprint density at radius 1 is 1.31 bits per heavy atom. The summed E-state index contributed by atoms with van der Waals surface area (Å²) in [5.41, 5.74) is 6.07. The number of amides is 3. The Bertz CT molecular complexity index is 830. The van der Waals surface area contributed by atoms with Gasteiger partial charge in [0.1, 0.15) is 5.70 Å². The molecule has 0 saturated heterocycles. The first-order valence-electron chi connectivity index (χ1n) is 7.94. The van der Waals surface area contributed by atoms with E-state index < -0.39 is 29.7 Å². The summed E-state index contributed by atoms with van der Waals surface area (Å²) in [5, 5.41) is 7.29. The fraction of sp³-hybridized carbons (Fsp3) is 0.294. The third-order valence-electron chi connectivity index (χ3n) is 4.42. The minimum atomic E-state index is -4.46. The zero-order valence-electron chi connectivity index (χ0n) is 13.7. The summed E-state index contributed by atoms with van der Waals surface area (Å²) >= 11 is 0. The van der Waals surface area contributed by atoms with Crippen molar-refractivity contribution < 1.29 is 22.8 Å². The Balaban J connectivity index is 1.88. The minimum Gasteiger partial charge on any atom is -0.395 e. The van der Waals surface area contributed by atoms with E-state index in [9.17, 15) is 22.8 Å². The van der Waals surface area contributed by atoms with Crippen molar-refractivity contribution in [2.75, 3.05) is 0 Å². The van der Waals surface area contributed by atoms with E-state index in [1.807, 2.05) is 0 Å². The molecular formula is C17H17F3N4O2. The summed E-state index contributed by atoms with van der Waals surface area (Å²) in [4.78, 5) is 24.0. The summed E-state index contributed by atoms with van der Waals surface area (Å²) in [6.07, 6.45) is -2.62. The van der Waals surface area contributed by atoms with Gasteiger partial charge >= 0.3 is 12.2 Å². The topological polar surface area (TPSA) is 96.2 Å². The fourth-order valence-electron chi connectivity index (χ4n) is 3.10. The SMILES string of the molecule is C=C1NC(=O)NC(C(=O)N[C@H]2CCCc3ccc(C(F)(F)F)cc32)=C1N. The van der Waals surface area contributed by atoms with Gasteiger partial charge in [0.25, 0.3) is 5.91 Å². The number of fused-ring (bicyclic) bond motifs is 1. The molecule has 1 aromatic rings. The lowest BCUT2D eigenvalue weighted by Gasteiger charge is -2.29. The molecule has 3 amide bonds. The fourth-order valence-corrected chi connectivity index (χ4v) is 3.10. The first kappa shape index (κ1) is 17.8. The van der Waals surface area contributed by atoms with Crippen LogP contribution in [0, 0.1) is 0 Å². The number of urea groups is 1. The molecule has 0 unspecified atom stereocenters. The van der Waals surface area contributed by atoms with Crippen LogP contribution in [0.25, 0.3) is 0 Å². The molecule has 1 heterocycles. The van der Waals surface area contributed by atoms with Crippen LogP contribution in [0.5, 0.6) is 0 Å². The standard InChI is InChI=1S/C17H17F3N4O2/c1-8-13(21)14(24-16(26)22-8)15(25)23-12-4-2-3-9-5-6-10(7-11(9)12)17(18,19)20/h5-7,12H,1-4,21H2,(H,23,25)(H2,22,24,26)/t12-/m0/s1. The van der Waals surface area contributed by atoms with Crippen molar-refractivity contribution in [3.05, 3.63) is 58.6 Å². The maximum absolute atomic E-state index is 13.0. The van der Waals surface area contributed by atoms with Crippen LogP contribution >= 0.6 is 0 Å². The Hall–Kier alpha value is -2.97. The van der Waals surface area contributed by atoms with Gasteiger partial charge in [0.05, 0.1) is 23.0 Å². The molecular weight excluding hydrogens is 349 g/mol. The monoisotopic (exact) mass is 366 g/mol. The molecule has 0 bridgehead atoms. The highest BCUT2D eigenvalue weighted by Gasteiger charge is 2.33. The Kier molecular flexibility index (Phi) is 4.39. The number of nitrogens with one attached hydrogen (secondary N) is 3. The lowest BCUT2D eigenvalue weighted by molar-refractivity contribution is -0.137. The third-order valence-corrected chi connectivity index (χ3v) is 4.42. The molecule has 3 rings (SSSR count). The molecule has 1 atom stereocenters. The molecule has 0 spiro atoms. The molecule has 0 radical (unpaired) electrons. The average molecular weight is 366 g/mol. The van der Waals surface area contributed by atoms with Crippen LogP contribution in [0.2, 0.25) is 0 Å². The lowest BCUT2D eigenvalue weighted by atomic mass is 9.86. The van der Waals surface area contributed by atoms with Crippen LogP contribution in [0.4, 0.5) is 18.0 Å². The van der Waals surface area contributed by atoms with Gasteiger partial charge in [-0.25, -0.2) is 4.79 Å². The van der Waals surface area contributed by atoms with Gasteiger partial charge in [0, 0.05) is 0 Å². The molecule has 0 fully saturated rings. The van der Waals surface area contributed by atoms with E-state index in [1.165, 1.54) is 6.07 Å². The average Bonchev–Trinajstić information content (AvgIpc) is 2.57. The number of carbonyl (C=O) groups excluding carboxylic acids is 2. The van der Waals surface area contributed by atoms with Crippen LogP contribution in [-0.4, -0.2) is 11.9 Å². The second-order valence-electron chi connectivity index (χ2n) is 6.18. The summed E-state index contributed by atoms with van der Waals surface area (Å²) in [5.74, 6) is -0.672. The van der Waals surface area contributed by atoms with E-state index in [0.29, 0.717) is 18.4 Å². The van der Waals surface area contributed by atoms with E-state index in [0.717, 1.165) is 24.1 Å². The van der Waals surface area contributed by atoms with Gasteiger partial charge in [-0.15, -0.1) is 0 Å². The second kappa shape index (κ2) is 6.40. The number of halogens is 3. The van der Waals surface area contributed by atoms with Crippen LogP contribution in [0.3, 0.4) is 0 Å². The zero-order valence-corrected chi connectivity index (χ0v) is 13.7. The first-order chi connectivity index (χ1) is 12.2. The van der Waals surface area contributed by atoms with Crippen molar-refractivity contribution in [3.8, 4) is 0 Å². The predicted molar refractivity (Wildman–Crippen MR) is 87.3 cm³/mol. The van der Waals surface area contributed by atoms with Gasteiger partial charge in [-0.3, -0.25) is 4.79 Å². The van der Waals surface area contributed by atoms with E-state index in [-0.39, 0.29) is 17.1 Å². The van der Waals surface area contributed by atoms with Crippen molar-refractivity contribution in [1.29, 1.82) is 0 Å². The van der Waals surface area contributed by atoms with Crippen molar-refractivity contribution in [2.45, 2.75) is 31.5 Å². The van der Waals surface area contributed by atoms with Crippen molar-refractivity contribution in [1.82, 2.24) is 16.0 Å². The van der Waals surface area contributed by atoms with Crippen LogP contribution in [0.1, 0.15) is 35.6 Å². The molecule has 1 aliphatic heterocycles. The highest BCUT2D eigenvalue weighted by molar-refractivity contribution is 6.00. The largest absolute Gasteiger partial charge is 0.416 e. The number of rotatable bonds is 2. The quantitative estimate of drug-likeness (QED) is 0.646. The van der Waals surface area contributed by atoms with Crippen molar-refractivity contribution >= 4 is 11.9 Å². The number of hydrogen-bond acceptors (Lipinski definition) is 3. The Labute approximate surface area is 147 Å². The smallest absolute Gasteiger partial charge is 0.395 e. The lowest BCUT2D eigenvalue weighted by Crippen LogP contribution is -2.47. The maximum atomic E-state index is 13.0. The summed E-state index contributed by atoms with van der Waals surface area (Å²) in [6, 6.07) is 2.29. The molecule has 0 aromatic heterocycles. The number of nitrogens with two attached hydrogens (primary N) is 1. The van der Waals surface area contributed by atoms with Crippen molar-refractivity contribution in [2.24, 2.45) is 5.73 Å². The van der Waals surface area contributed by atoms with Gasteiger partial charge in [-0.2, -0.15) is 13.2 Å². The van der Waals surface area contributed by atoms with E-state index in [4.69, 9.17) is 5.73 Å². The van der Waals surface area contributed by atoms with Crippen LogP contribution in [0.15, 0.2) is 41.9 Å². The predicted octanol–water partition coefficient (Wildman–Crippen LogP) is 2.20. The summed E-state index contributed by atoms with van der Waals surface area (Å²) < 4.78 is 39.0. The number of carbonyl (C=O) groups is 2. The normalized spacial score (nSPS) is 20.2. The van der Waals surface area contributed by atoms with Gasteiger partial charge < -0.3 is 21.7 Å². The molecule has 9 heteroatoms. The molecule has 1 aliphatic carbocycles. The van der Waals surface area contributed by atoms with Gasteiger partial charge in [-0.05, 0) is 42.5 Å². The van der Waals surface area contributed by atoms with Crippen LogP contribution in [-0.2, 0) is 17.4 Å². The summed E-state index contributed by atoms with van der Waals surface area (Å²) in [7, 11) is 0. The van der Waals surface area contributed by atoms with E-state index in [1.54, 1.807) is 0 Å². The Morgan fingerprint density at radius 3 is 2.73 bits per heavy atom. The minimum absolute atomic E-state index is 0.0258. The Morgan fingerprint density at radius 2 is 2.04 bits per heavy atom.